The highest BCUT2D eigenvalue weighted by Crippen LogP contribution is 2.62. The van der Waals surface area contributed by atoms with Gasteiger partial charge in [0.25, 0.3) is 0 Å². The summed E-state index contributed by atoms with van der Waals surface area (Å²) in [6, 6.07) is 17.3. The van der Waals surface area contributed by atoms with Gasteiger partial charge in [-0.15, -0.1) is 0 Å². The molecule has 0 N–H and O–H groups in total. The van der Waals surface area contributed by atoms with Crippen LogP contribution in [0.4, 0.5) is 0 Å². The number of nitrogens with zero attached hydrogens (tertiary/aromatic N) is 1. The van der Waals surface area contributed by atoms with Crippen molar-refractivity contribution >= 4 is 16.1 Å². The van der Waals surface area contributed by atoms with E-state index in [2.05, 4.69) is 0 Å². The molecule has 0 aromatic heterocycles. The number of aryl methyl sites for hydroxylation is 1. The van der Waals surface area contributed by atoms with Crippen molar-refractivity contribution in [2.75, 3.05) is 0 Å². The molecule has 116 valence electrons. The second-order valence-corrected chi connectivity index (χ2v) is 7.90. The molecule has 4 nitrogen and oxygen atoms in total. The van der Waals surface area contributed by atoms with Crippen molar-refractivity contribution in [2.24, 2.45) is 5.41 Å². The minimum atomic E-state index is -3.77. The predicted molar refractivity (Wildman–Crippen MR) is 85.4 cm³/mol. The monoisotopic (exact) mass is 325 g/mol. The van der Waals surface area contributed by atoms with E-state index >= 15 is 0 Å². The highest BCUT2D eigenvalue weighted by Gasteiger charge is 2.72. The standard InChI is InChI=1S/C18H15NO3S/c1-13-7-9-15(10-8-13)23(21,22)17-16(18(17,11-19)12-20)14-5-3-2-4-6-14/h2-10,12,16-17H,1H3/t16-,17-,18-/m0/s1. The lowest BCUT2D eigenvalue weighted by Gasteiger charge is -2.05. The number of hydrogen-bond donors (Lipinski definition) is 0. The number of benzene rings is 2. The van der Waals surface area contributed by atoms with E-state index in [0.717, 1.165) is 5.56 Å². The minimum Gasteiger partial charge on any atom is -0.302 e. The molecule has 0 saturated heterocycles. The predicted octanol–water partition coefficient (Wildman–Crippen LogP) is 2.64. The van der Waals surface area contributed by atoms with Crippen LogP contribution in [0.3, 0.4) is 0 Å². The van der Waals surface area contributed by atoms with Crippen molar-refractivity contribution in [1.82, 2.24) is 0 Å². The first-order valence-electron chi connectivity index (χ1n) is 7.20. The molecule has 0 unspecified atom stereocenters. The summed E-state index contributed by atoms with van der Waals surface area (Å²) in [5.41, 5.74) is 0.133. The van der Waals surface area contributed by atoms with Crippen molar-refractivity contribution in [3.8, 4) is 6.07 Å². The normalized spacial score (nSPS) is 26.3. The number of rotatable bonds is 4. The van der Waals surface area contributed by atoms with E-state index in [1.54, 1.807) is 36.4 Å². The Morgan fingerprint density at radius 1 is 1.09 bits per heavy atom. The summed E-state index contributed by atoms with van der Waals surface area (Å²) in [5, 5.41) is 8.43. The maximum atomic E-state index is 12.9. The average molecular weight is 325 g/mol. The number of nitriles is 1. The zero-order valence-electron chi connectivity index (χ0n) is 12.5. The van der Waals surface area contributed by atoms with Crippen molar-refractivity contribution in [3.63, 3.8) is 0 Å². The largest absolute Gasteiger partial charge is 0.302 e. The van der Waals surface area contributed by atoms with Crippen LogP contribution in [0.5, 0.6) is 0 Å². The molecular formula is C18H15NO3S. The maximum absolute atomic E-state index is 12.9. The molecule has 5 heteroatoms. The van der Waals surface area contributed by atoms with Crippen LogP contribution in [-0.2, 0) is 14.6 Å². The topological polar surface area (TPSA) is 75.0 Å². The zero-order valence-corrected chi connectivity index (χ0v) is 13.3. The summed E-state index contributed by atoms with van der Waals surface area (Å²) < 4.78 is 25.8. The van der Waals surface area contributed by atoms with E-state index in [9.17, 15) is 18.5 Å². The van der Waals surface area contributed by atoms with Gasteiger partial charge in [0.2, 0.25) is 0 Å². The minimum absolute atomic E-state index is 0.146. The van der Waals surface area contributed by atoms with Gasteiger partial charge in [-0.3, -0.25) is 0 Å². The lowest BCUT2D eigenvalue weighted by molar-refractivity contribution is -0.110. The van der Waals surface area contributed by atoms with Gasteiger partial charge < -0.3 is 4.79 Å². The average Bonchev–Trinajstić information content (AvgIpc) is 3.27. The molecule has 2 aromatic carbocycles. The molecule has 1 aliphatic rings. The highest BCUT2D eigenvalue weighted by molar-refractivity contribution is 7.92. The Morgan fingerprint density at radius 3 is 2.22 bits per heavy atom. The first-order chi connectivity index (χ1) is 11.0. The summed E-state index contributed by atoms with van der Waals surface area (Å²) in [6.07, 6.45) is 0.487. The van der Waals surface area contributed by atoms with Gasteiger partial charge in [-0.2, -0.15) is 5.26 Å². The Balaban J connectivity index is 2.09. The van der Waals surface area contributed by atoms with Gasteiger partial charge in [0.15, 0.2) is 9.84 Å². The lowest BCUT2D eigenvalue weighted by atomic mass is 10.0. The van der Waals surface area contributed by atoms with Crippen LogP contribution >= 0.6 is 0 Å². The van der Waals surface area contributed by atoms with Crippen LogP contribution in [0.1, 0.15) is 17.0 Å². The van der Waals surface area contributed by atoms with E-state index in [1.807, 2.05) is 19.1 Å². The number of sulfone groups is 1. The van der Waals surface area contributed by atoms with Crippen LogP contribution < -0.4 is 0 Å². The third-order valence-electron chi connectivity index (χ3n) is 4.41. The van der Waals surface area contributed by atoms with Crippen LogP contribution in [0, 0.1) is 23.7 Å². The fourth-order valence-corrected chi connectivity index (χ4v) is 5.33. The van der Waals surface area contributed by atoms with E-state index in [-0.39, 0.29) is 4.90 Å². The van der Waals surface area contributed by atoms with Crippen LogP contribution in [0.15, 0.2) is 59.5 Å². The summed E-state index contributed by atoms with van der Waals surface area (Å²) in [5.74, 6) is -0.627. The zero-order chi connectivity index (χ0) is 16.7. The van der Waals surface area contributed by atoms with Gasteiger partial charge in [0.1, 0.15) is 17.0 Å². The number of carbonyl (C=O) groups is 1. The third-order valence-corrected chi connectivity index (χ3v) is 6.67. The summed E-state index contributed by atoms with van der Waals surface area (Å²) in [7, 11) is -3.77. The molecule has 3 atom stereocenters. The van der Waals surface area contributed by atoms with Crippen LogP contribution in [-0.4, -0.2) is 20.0 Å². The molecule has 0 amide bonds. The summed E-state index contributed by atoms with van der Waals surface area (Å²) >= 11 is 0. The van der Waals surface area contributed by atoms with Crippen molar-refractivity contribution in [3.05, 3.63) is 65.7 Å². The fourth-order valence-electron chi connectivity index (χ4n) is 3.10. The summed E-state index contributed by atoms with van der Waals surface area (Å²) in [4.78, 5) is 11.7. The molecule has 1 aliphatic carbocycles. The van der Waals surface area contributed by atoms with Gasteiger partial charge in [-0.25, -0.2) is 8.42 Å². The lowest BCUT2D eigenvalue weighted by Crippen LogP contribution is -2.16. The number of carbonyl (C=O) groups excluding carboxylic acids is 1. The molecule has 2 aromatic rings. The molecule has 1 saturated carbocycles. The van der Waals surface area contributed by atoms with Gasteiger partial charge in [-0.05, 0) is 24.6 Å². The molecule has 23 heavy (non-hydrogen) atoms. The van der Waals surface area contributed by atoms with E-state index in [1.165, 1.54) is 12.1 Å². The molecule has 3 rings (SSSR count). The molecular weight excluding hydrogens is 310 g/mol. The van der Waals surface area contributed by atoms with Crippen LogP contribution in [0.25, 0.3) is 0 Å². The maximum Gasteiger partial charge on any atom is 0.183 e. The molecule has 0 radical (unpaired) electrons. The summed E-state index contributed by atoms with van der Waals surface area (Å²) in [6.45, 7) is 1.87. The van der Waals surface area contributed by atoms with E-state index in [4.69, 9.17) is 0 Å². The van der Waals surface area contributed by atoms with E-state index in [0.29, 0.717) is 11.8 Å². The van der Waals surface area contributed by atoms with Crippen LogP contribution in [0.2, 0.25) is 0 Å². The Hall–Kier alpha value is -2.45. The molecule has 0 aliphatic heterocycles. The Labute approximate surface area is 135 Å². The van der Waals surface area contributed by atoms with Gasteiger partial charge in [0, 0.05) is 5.92 Å². The Morgan fingerprint density at radius 2 is 1.70 bits per heavy atom. The molecule has 0 bridgehead atoms. The first kappa shape index (κ1) is 15.4. The SMILES string of the molecule is Cc1ccc(S(=O)(=O)[C@H]2[C@H](c3ccccc3)[C@]2(C#N)C=O)cc1. The fraction of sp³-hybridized carbons (Fsp3) is 0.222. The van der Waals surface area contributed by atoms with Crippen molar-refractivity contribution < 1.29 is 13.2 Å². The number of hydrogen-bond acceptors (Lipinski definition) is 4. The number of aldehydes is 1. The highest BCUT2D eigenvalue weighted by atomic mass is 32.2. The molecule has 1 fully saturated rings. The van der Waals surface area contributed by atoms with E-state index < -0.39 is 26.4 Å². The second-order valence-electron chi connectivity index (χ2n) is 5.83. The Kier molecular flexibility index (Phi) is 3.57. The quantitative estimate of drug-likeness (QED) is 0.810. The van der Waals surface area contributed by atoms with Crippen molar-refractivity contribution in [1.29, 1.82) is 5.26 Å². The smallest absolute Gasteiger partial charge is 0.183 e. The van der Waals surface area contributed by atoms with Gasteiger partial charge >= 0.3 is 0 Å². The van der Waals surface area contributed by atoms with Gasteiger partial charge in [0.05, 0.1) is 11.0 Å². The third kappa shape index (κ3) is 2.27. The molecule has 0 heterocycles. The van der Waals surface area contributed by atoms with Gasteiger partial charge in [-0.1, -0.05) is 48.0 Å². The Bertz CT molecular complexity index is 882. The molecule has 0 spiro atoms. The second kappa shape index (κ2) is 5.32. The van der Waals surface area contributed by atoms with Crippen molar-refractivity contribution in [2.45, 2.75) is 23.0 Å². The first-order valence-corrected chi connectivity index (χ1v) is 8.75.